The van der Waals surface area contributed by atoms with Crippen LogP contribution in [0, 0.1) is 0 Å². The van der Waals surface area contributed by atoms with Crippen molar-refractivity contribution in [2.75, 3.05) is 0 Å². The number of hydrogen-bond donors (Lipinski definition) is 1. The summed E-state index contributed by atoms with van der Waals surface area (Å²) in [5.74, 6) is 0. The van der Waals surface area contributed by atoms with Crippen molar-refractivity contribution in [3.8, 4) is 0 Å². The van der Waals surface area contributed by atoms with Gasteiger partial charge in [-0.3, -0.25) is 0 Å². The molecule has 21 heavy (non-hydrogen) atoms. The van der Waals surface area contributed by atoms with E-state index >= 15 is 0 Å². The van der Waals surface area contributed by atoms with E-state index in [1.807, 2.05) is 28.9 Å². The average Bonchev–Trinajstić information content (AvgIpc) is 3.17. The van der Waals surface area contributed by atoms with Crippen molar-refractivity contribution < 1.29 is 5.11 Å². The zero-order valence-corrected chi connectivity index (χ0v) is 12.6. The summed E-state index contributed by atoms with van der Waals surface area (Å²) in [6, 6.07) is 14.4. The molecule has 2 aromatic heterocycles. The summed E-state index contributed by atoms with van der Waals surface area (Å²) in [5.41, 5.74) is 2.82. The number of hydrogen-bond acceptors (Lipinski definition) is 4. The summed E-state index contributed by atoms with van der Waals surface area (Å²) in [7, 11) is 0. The van der Waals surface area contributed by atoms with Crippen molar-refractivity contribution >= 4 is 11.3 Å². The standard InChI is InChI=1S/C16H17N3OS/c1-12(13-6-3-2-4-7-13)19-16(15(11-20)17-18-19)10-14-8-5-9-21-14/h2-9,12,20H,10-11H2,1H3. The van der Waals surface area contributed by atoms with Gasteiger partial charge in [0.1, 0.15) is 5.69 Å². The average molecular weight is 299 g/mol. The number of aliphatic hydroxyl groups excluding tert-OH is 1. The van der Waals surface area contributed by atoms with Gasteiger partial charge < -0.3 is 5.11 Å². The van der Waals surface area contributed by atoms with E-state index in [1.165, 1.54) is 10.4 Å². The zero-order chi connectivity index (χ0) is 14.7. The molecular formula is C16H17N3OS. The molecule has 5 heteroatoms. The van der Waals surface area contributed by atoms with Crippen LogP contribution >= 0.6 is 11.3 Å². The quantitative estimate of drug-likeness (QED) is 0.788. The first-order valence-corrected chi connectivity index (χ1v) is 7.78. The summed E-state index contributed by atoms with van der Waals surface area (Å²) < 4.78 is 1.92. The first-order valence-electron chi connectivity index (χ1n) is 6.90. The minimum atomic E-state index is -0.0811. The van der Waals surface area contributed by atoms with Crippen LogP contribution in [-0.4, -0.2) is 20.1 Å². The predicted molar refractivity (Wildman–Crippen MR) is 83.3 cm³/mol. The first-order chi connectivity index (χ1) is 10.3. The molecule has 1 unspecified atom stereocenters. The molecule has 4 nitrogen and oxygen atoms in total. The molecule has 0 aliphatic carbocycles. The van der Waals surface area contributed by atoms with Crippen LogP contribution in [0.1, 0.15) is 34.8 Å². The summed E-state index contributed by atoms with van der Waals surface area (Å²) in [6.07, 6.45) is 0.748. The largest absolute Gasteiger partial charge is 0.390 e. The third kappa shape index (κ3) is 2.89. The Balaban J connectivity index is 1.97. The third-order valence-electron chi connectivity index (χ3n) is 3.59. The predicted octanol–water partition coefficient (Wildman–Crippen LogP) is 3.03. The Labute approximate surface area is 127 Å². The van der Waals surface area contributed by atoms with E-state index in [2.05, 4.69) is 40.8 Å². The van der Waals surface area contributed by atoms with E-state index < -0.39 is 0 Å². The molecular weight excluding hydrogens is 282 g/mol. The topological polar surface area (TPSA) is 50.9 Å². The monoisotopic (exact) mass is 299 g/mol. The zero-order valence-electron chi connectivity index (χ0n) is 11.8. The fraction of sp³-hybridized carbons (Fsp3) is 0.250. The molecule has 0 amide bonds. The summed E-state index contributed by atoms with van der Waals surface area (Å²) >= 11 is 1.71. The van der Waals surface area contributed by atoms with Gasteiger partial charge in [0, 0.05) is 11.3 Å². The van der Waals surface area contributed by atoms with Crippen molar-refractivity contribution in [1.82, 2.24) is 15.0 Å². The van der Waals surface area contributed by atoms with Gasteiger partial charge in [-0.1, -0.05) is 41.6 Å². The van der Waals surface area contributed by atoms with Gasteiger partial charge in [0.2, 0.25) is 0 Å². The minimum Gasteiger partial charge on any atom is -0.390 e. The first kappa shape index (κ1) is 14.0. The number of benzene rings is 1. The molecule has 0 aliphatic rings. The van der Waals surface area contributed by atoms with Crippen molar-refractivity contribution in [3.63, 3.8) is 0 Å². The lowest BCUT2D eigenvalue weighted by molar-refractivity contribution is 0.275. The minimum absolute atomic E-state index is 0.0811. The second-order valence-electron chi connectivity index (χ2n) is 4.93. The second kappa shape index (κ2) is 6.20. The van der Waals surface area contributed by atoms with Crippen molar-refractivity contribution in [2.24, 2.45) is 0 Å². The lowest BCUT2D eigenvalue weighted by Gasteiger charge is -2.15. The SMILES string of the molecule is CC(c1ccccc1)n1nnc(CO)c1Cc1cccs1. The number of thiophene rings is 1. The van der Waals surface area contributed by atoms with Crippen molar-refractivity contribution in [2.45, 2.75) is 26.0 Å². The van der Waals surface area contributed by atoms with Crippen LogP contribution in [0.5, 0.6) is 0 Å². The van der Waals surface area contributed by atoms with Gasteiger partial charge in [0.15, 0.2) is 0 Å². The summed E-state index contributed by atoms with van der Waals surface area (Å²) in [4.78, 5) is 1.24. The van der Waals surface area contributed by atoms with Gasteiger partial charge in [0.25, 0.3) is 0 Å². The normalized spacial score (nSPS) is 12.5. The number of aromatic nitrogens is 3. The fourth-order valence-electron chi connectivity index (χ4n) is 2.41. The van der Waals surface area contributed by atoms with E-state index in [0.717, 1.165) is 12.1 Å². The smallest absolute Gasteiger partial charge is 0.112 e. The Morgan fingerprint density at radius 3 is 2.67 bits per heavy atom. The number of rotatable bonds is 5. The highest BCUT2D eigenvalue weighted by molar-refractivity contribution is 7.09. The van der Waals surface area contributed by atoms with Crippen LogP contribution in [0.4, 0.5) is 0 Å². The third-order valence-corrected chi connectivity index (χ3v) is 4.47. The van der Waals surface area contributed by atoms with Crippen LogP contribution < -0.4 is 0 Å². The van der Waals surface area contributed by atoms with E-state index in [-0.39, 0.29) is 12.6 Å². The van der Waals surface area contributed by atoms with Crippen molar-refractivity contribution in [3.05, 3.63) is 69.7 Å². The number of nitrogens with zero attached hydrogens (tertiary/aromatic N) is 3. The van der Waals surface area contributed by atoms with Crippen LogP contribution in [0.2, 0.25) is 0 Å². The Kier molecular flexibility index (Phi) is 4.13. The molecule has 0 radical (unpaired) electrons. The fourth-order valence-corrected chi connectivity index (χ4v) is 3.12. The summed E-state index contributed by atoms with van der Waals surface area (Å²) in [5, 5.41) is 19.9. The van der Waals surface area contributed by atoms with Crippen molar-refractivity contribution in [1.29, 1.82) is 0 Å². The van der Waals surface area contributed by atoms with Gasteiger partial charge in [-0.15, -0.1) is 16.4 Å². The highest BCUT2D eigenvalue weighted by Crippen LogP contribution is 2.23. The molecule has 0 spiro atoms. The second-order valence-corrected chi connectivity index (χ2v) is 5.96. The Morgan fingerprint density at radius 2 is 2.00 bits per heavy atom. The lowest BCUT2D eigenvalue weighted by atomic mass is 10.1. The molecule has 0 saturated heterocycles. The van der Waals surface area contributed by atoms with Gasteiger partial charge >= 0.3 is 0 Å². The Hall–Kier alpha value is -1.98. The van der Waals surface area contributed by atoms with E-state index in [0.29, 0.717) is 5.69 Å². The molecule has 1 aromatic carbocycles. The maximum absolute atomic E-state index is 9.50. The van der Waals surface area contributed by atoms with E-state index in [1.54, 1.807) is 11.3 Å². The molecule has 0 saturated carbocycles. The van der Waals surface area contributed by atoms with E-state index in [4.69, 9.17) is 0 Å². The molecule has 0 aliphatic heterocycles. The highest BCUT2D eigenvalue weighted by atomic mass is 32.1. The van der Waals surface area contributed by atoms with Gasteiger partial charge in [-0.2, -0.15) is 0 Å². The lowest BCUT2D eigenvalue weighted by Crippen LogP contribution is -2.13. The van der Waals surface area contributed by atoms with Gasteiger partial charge in [0.05, 0.1) is 18.3 Å². The molecule has 2 heterocycles. The van der Waals surface area contributed by atoms with E-state index in [9.17, 15) is 5.11 Å². The molecule has 1 atom stereocenters. The maximum atomic E-state index is 9.50. The maximum Gasteiger partial charge on any atom is 0.112 e. The molecule has 108 valence electrons. The Morgan fingerprint density at radius 1 is 1.19 bits per heavy atom. The molecule has 0 bridgehead atoms. The highest BCUT2D eigenvalue weighted by Gasteiger charge is 2.18. The Bertz CT molecular complexity index is 692. The van der Waals surface area contributed by atoms with Crippen LogP contribution in [-0.2, 0) is 13.0 Å². The molecule has 1 N–H and O–H groups in total. The van der Waals surface area contributed by atoms with Crippen LogP contribution in [0.3, 0.4) is 0 Å². The molecule has 3 aromatic rings. The summed E-state index contributed by atoms with van der Waals surface area (Å²) in [6.45, 7) is 2.02. The van der Waals surface area contributed by atoms with Gasteiger partial charge in [-0.05, 0) is 23.9 Å². The molecule has 0 fully saturated rings. The van der Waals surface area contributed by atoms with Crippen LogP contribution in [0.15, 0.2) is 47.8 Å². The molecule has 3 rings (SSSR count). The van der Waals surface area contributed by atoms with Gasteiger partial charge in [-0.25, -0.2) is 4.68 Å². The number of aliphatic hydroxyl groups is 1. The van der Waals surface area contributed by atoms with Crippen LogP contribution in [0.25, 0.3) is 0 Å².